The van der Waals surface area contributed by atoms with Crippen LogP contribution in [0.15, 0.2) is 42.5 Å². The number of rotatable bonds is 4. The number of likely N-dealkylation sites (tertiary alicyclic amines) is 1. The Kier molecular flexibility index (Phi) is 4.53. The lowest BCUT2D eigenvalue weighted by Crippen LogP contribution is -2.37. The number of nitrogen functional groups attached to an aromatic ring is 1. The van der Waals surface area contributed by atoms with Gasteiger partial charge < -0.3 is 21.3 Å². The maximum atomic E-state index is 5.88. The lowest BCUT2D eigenvalue weighted by Gasteiger charge is -2.29. The number of hydrogen-bond donors (Lipinski definition) is 3. The van der Waals surface area contributed by atoms with Gasteiger partial charge in [-0.05, 0) is 55.9 Å². The average Bonchev–Trinajstić information content (AvgIpc) is 2.63. The molecule has 7 heteroatoms. The van der Waals surface area contributed by atoms with E-state index in [1.54, 1.807) is 0 Å². The molecular weight excluding hydrogens is 326 g/mol. The van der Waals surface area contributed by atoms with Gasteiger partial charge in [0.2, 0.25) is 17.8 Å². The standard InChI is InChI=1S/C19H23N7/c1-26-10-8-15(9-11-26)21-18-23-17(20)24-19(25-18)22-16-7-6-13-4-2-3-5-14(13)12-16/h2-7,12,15H,8-11H2,1H3,(H4,20,21,22,23,24,25). The van der Waals surface area contributed by atoms with Gasteiger partial charge in [-0.25, -0.2) is 0 Å². The van der Waals surface area contributed by atoms with Gasteiger partial charge in [-0.2, -0.15) is 15.0 Å². The van der Waals surface area contributed by atoms with Gasteiger partial charge in [-0.1, -0.05) is 30.3 Å². The highest BCUT2D eigenvalue weighted by Crippen LogP contribution is 2.22. The van der Waals surface area contributed by atoms with Crippen molar-refractivity contribution in [1.29, 1.82) is 0 Å². The molecule has 0 saturated carbocycles. The molecule has 2 aromatic carbocycles. The summed E-state index contributed by atoms with van der Waals surface area (Å²) in [5.74, 6) is 1.18. The Morgan fingerprint density at radius 2 is 1.69 bits per heavy atom. The van der Waals surface area contributed by atoms with Crippen molar-refractivity contribution in [3.8, 4) is 0 Å². The molecule has 1 aliphatic rings. The van der Waals surface area contributed by atoms with Crippen molar-refractivity contribution in [3.05, 3.63) is 42.5 Å². The third-order valence-electron chi connectivity index (χ3n) is 4.71. The highest BCUT2D eigenvalue weighted by Gasteiger charge is 2.18. The zero-order valence-electron chi connectivity index (χ0n) is 14.8. The third kappa shape index (κ3) is 3.83. The van der Waals surface area contributed by atoms with Gasteiger partial charge in [0.1, 0.15) is 0 Å². The number of anilines is 4. The minimum absolute atomic E-state index is 0.207. The van der Waals surface area contributed by atoms with Crippen LogP contribution in [0.2, 0.25) is 0 Å². The first-order valence-corrected chi connectivity index (χ1v) is 8.88. The number of fused-ring (bicyclic) bond motifs is 1. The monoisotopic (exact) mass is 349 g/mol. The summed E-state index contributed by atoms with van der Waals surface area (Å²) in [6.07, 6.45) is 2.13. The van der Waals surface area contributed by atoms with Crippen LogP contribution in [0.5, 0.6) is 0 Å². The summed E-state index contributed by atoms with van der Waals surface area (Å²) in [6, 6.07) is 14.7. The van der Waals surface area contributed by atoms with Gasteiger partial charge in [-0.15, -0.1) is 0 Å². The molecule has 1 saturated heterocycles. The molecule has 26 heavy (non-hydrogen) atoms. The molecule has 0 spiro atoms. The molecular formula is C19H23N7. The predicted octanol–water partition coefficient (Wildman–Crippen LogP) is 2.86. The molecule has 4 rings (SSSR count). The summed E-state index contributed by atoms with van der Waals surface area (Å²) in [5, 5.41) is 8.97. The van der Waals surface area contributed by atoms with Crippen molar-refractivity contribution in [2.75, 3.05) is 36.5 Å². The number of benzene rings is 2. The second-order valence-electron chi connectivity index (χ2n) is 6.75. The van der Waals surface area contributed by atoms with Crippen molar-refractivity contribution >= 4 is 34.3 Å². The number of nitrogens with one attached hydrogen (secondary N) is 2. The summed E-state index contributed by atoms with van der Waals surface area (Å²) in [5.41, 5.74) is 6.80. The van der Waals surface area contributed by atoms with Crippen molar-refractivity contribution < 1.29 is 0 Å². The van der Waals surface area contributed by atoms with Crippen LogP contribution in [0.3, 0.4) is 0 Å². The van der Waals surface area contributed by atoms with Gasteiger partial charge in [0.25, 0.3) is 0 Å². The maximum absolute atomic E-state index is 5.88. The topological polar surface area (TPSA) is 92.0 Å². The summed E-state index contributed by atoms with van der Waals surface area (Å²) >= 11 is 0. The molecule has 7 nitrogen and oxygen atoms in total. The van der Waals surface area contributed by atoms with Crippen LogP contribution in [-0.2, 0) is 0 Å². The van der Waals surface area contributed by atoms with Crippen molar-refractivity contribution in [1.82, 2.24) is 19.9 Å². The van der Waals surface area contributed by atoms with Gasteiger partial charge >= 0.3 is 0 Å². The number of piperidine rings is 1. The first kappa shape index (κ1) is 16.5. The number of hydrogen-bond acceptors (Lipinski definition) is 7. The lowest BCUT2D eigenvalue weighted by atomic mass is 10.1. The van der Waals surface area contributed by atoms with Crippen LogP contribution in [0.25, 0.3) is 10.8 Å². The average molecular weight is 349 g/mol. The lowest BCUT2D eigenvalue weighted by molar-refractivity contribution is 0.263. The zero-order chi connectivity index (χ0) is 17.9. The van der Waals surface area contributed by atoms with E-state index in [0.717, 1.165) is 37.0 Å². The maximum Gasteiger partial charge on any atom is 0.233 e. The van der Waals surface area contributed by atoms with E-state index >= 15 is 0 Å². The second kappa shape index (κ2) is 7.13. The van der Waals surface area contributed by atoms with E-state index in [-0.39, 0.29) is 5.95 Å². The van der Waals surface area contributed by atoms with E-state index in [1.807, 2.05) is 18.2 Å². The van der Waals surface area contributed by atoms with Gasteiger partial charge in [0.15, 0.2) is 0 Å². The van der Waals surface area contributed by atoms with Crippen LogP contribution in [0.4, 0.5) is 23.5 Å². The SMILES string of the molecule is CN1CCC(Nc2nc(N)nc(Nc3ccc4ccccc4c3)n2)CC1. The Morgan fingerprint density at radius 1 is 0.962 bits per heavy atom. The molecule has 1 aromatic heterocycles. The van der Waals surface area contributed by atoms with Crippen LogP contribution in [0.1, 0.15) is 12.8 Å². The summed E-state index contributed by atoms with van der Waals surface area (Å²) < 4.78 is 0. The normalized spacial score (nSPS) is 15.9. The van der Waals surface area contributed by atoms with Gasteiger partial charge in [0, 0.05) is 11.7 Å². The molecule has 4 N–H and O–H groups in total. The molecule has 0 aliphatic carbocycles. The second-order valence-corrected chi connectivity index (χ2v) is 6.75. The molecule has 0 bridgehead atoms. The number of nitrogens with zero attached hydrogens (tertiary/aromatic N) is 4. The molecule has 0 atom stereocenters. The highest BCUT2D eigenvalue weighted by molar-refractivity contribution is 5.86. The first-order valence-electron chi connectivity index (χ1n) is 8.88. The molecule has 1 fully saturated rings. The smallest absolute Gasteiger partial charge is 0.233 e. The molecule has 0 radical (unpaired) electrons. The minimum atomic E-state index is 0.207. The van der Waals surface area contributed by atoms with Crippen LogP contribution in [0, 0.1) is 0 Å². The highest BCUT2D eigenvalue weighted by atomic mass is 15.3. The molecule has 1 aliphatic heterocycles. The van der Waals surface area contributed by atoms with Crippen LogP contribution >= 0.6 is 0 Å². The Labute approximate surface area is 152 Å². The van der Waals surface area contributed by atoms with E-state index in [2.05, 4.69) is 61.8 Å². The van der Waals surface area contributed by atoms with E-state index in [4.69, 9.17) is 5.73 Å². The van der Waals surface area contributed by atoms with Crippen LogP contribution in [-0.4, -0.2) is 46.0 Å². The molecule has 134 valence electrons. The molecule has 0 unspecified atom stereocenters. The number of aromatic nitrogens is 3. The minimum Gasteiger partial charge on any atom is -0.368 e. The van der Waals surface area contributed by atoms with E-state index in [1.165, 1.54) is 5.39 Å². The van der Waals surface area contributed by atoms with Crippen molar-refractivity contribution in [3.63, 3.8) is 0 Å². The largest absolute Gasteiger partial charge is 0.368 e. The predicted molar refractivity (Wildman–Crippen MR) is 106 cm³/mol. The Hall–Kier alpha value is -2.93. The third-order valence-corrected chi connectivity index (χ3v) is 4.71. The molecule has 2 heterocycles. The quantitative estimate of drug-likeness (QED) is 0.667. The first-order chi connectivity index (χ1) is 12.7. The van der Waals surface area contributed by atoms with Crippen molar-refractivity contribution in [2.45, 2.75) is 18.9 Å². The van der Waals surface area contributed by atoms with E-state index < -0.39 is 0 Å². The Bertz CT molecular complexity index is 903. The summed E-state index contributed by atoms with van der Waals surface area (Å²) in [7, 11) is 2.14. The van der Waals surface area contributed by atoms with Gasteiger partial charge in [0.05, 0.1) is 0 Å². The van der Waals surface area contributed by atoms with Crippen LogP contribution < -0.4 is 16.4 Å². The zero-order valence-corrected chi connectivity index (χ0v) is 14.8. The van der Waals surface area contributed by atoms with Crippen molar-refractivity contribution in [2.24, 2.45) is 0 Å². The Balaban J connectivity index is 1.51. The summed E-state index contributed by atoms with van der Waals surface area (Å²) in [6.45, 7) is 2.14. The fourth-order valence-electron chi connectivity index (χ4n) is 3.24. The fraction of sp³-hybridized carbons (Fsp3) is 0.316. The molecule has 3 aromatic rings. The van der Waals surface area contributed by atoms with Gasteiger partial charge in [-0.3, -0.25) is 0 Å². The number of nitrogens with two attached hydrogens (primary N) is 1. The van der Waals surface area contributed by atoms with E-state index in [0.29, 0.717) is 17.9 Å². The molecule has 0 amide bonds. The van der Waals surface area contributed by atoms with E-state index in [9.17, 15) is 0 Å². The fourth-order valence-corrected chi connectivity index (χ4v) is 3.24. The summed E-state index contributed by atoms with van der Waals surface area (Å²) in [4.78, 5) is 15.2. The Morgan fingerprint density at radius 3 is 2.50 bits per heavy atom.